The Hall–Kier alpha value is -1.85. The first-order chi connectivity index (χ1) is 12.6. The molecule has 6 heteroatoms. The average molecular weight is 373 g/mol. The Bertz CT molecular complexity index is 776. The van der Waals surface area contributed by atoms with Crippen LogP contribution in [0.4, 0.5) is 5.95 Å². The minimum atomic E-state index is 0.0376. The Balaban J connectivity index is 1.44. The zero-order valence-electron chi connectivity index (χ0n) is 14.8. The first-order valence-corrected chi connectivity index (χ1v) is 9.80. The van der Waals surface area contributed by atoms with Crippen LogP contribution in [0.3, 0.4) is 0 Å². The molecular weight excluding hydrogens is 348 g/mol. The number of carbonyl (C=O) groups is 1. The molecule has 0 saturated heterocycles. The molecule has 2 atom stereocenters. The van der Waals surface area contributed by atoms with Crippen LogP contribution in [0.25, 0.3) is 0 Å². The van der Waals surface area contributed by atoms with Crippen molar-refractivity contribution in [1.82, 2.24) is 9.55 Å². The molecule has 0 radical (unpaired) electrons. The summed E-state index contributed by atoms with van der Waals surface area (Å²) in [6.07, 6.45) is 8.93. The van der Waals surface area contributed by atoms with E-state index in [2.05, 4.69) is 10.3 Å². The molecule has 26 heavy (non-hydrogen) atoms. The third-order valence-electron chi connectivity index (χ3n) is 6.03. The number of aromatic nitrogens is 2. The number of hydrogen-bond donors (Lipinski definition) is 2. The lowest BCUT2D eigenvalue weighted by Crippen LogP contribution is -2.48. The lowest BCUT2D eigenvalue weighted by molar-refractivity contribution is -0.122. The zero-order valence-corrected chi connectivity index (χ0v) is 15.5. The minimum absolute atomic E-state index is 0.0376. The smallest absolute Gasteiger partial charge is 0.229 e. The average Bonchev–Trinajstić information content (AvgIpc) is 3.03. The molecule has 2 saturated carbocycles. The maximum Gasteiger partial charge on any atom is 0.229 e. The molecular formula is C20H25ClN4O. The highest BCUT2D eigenvalue weighted by Gasteiger charge is 2.40. The van der Waals surface area contributed by atoms with Crippen molar-refractivity contribution in [3.05, 3.63) is 47.2 Å². The summed E-state index contributed by atoms with van der Waals surface area (Å²) in [4.78, 5) is 17.2. The second kappa shape index (κ2) is 7.41. The third kappa shape index (κ3) is 3.51. The van der Waals surface area contributed by atoms with E-state index in [0.717, 1.165) is 31.2 Å². The van der Waals surface area contributed by atoms with Gasteiger partial charge in [-0.1, -0.05) is 36.2 Å². The normalized spacial score (nSPS) is 27.9. The molecule has 3 N–H and O–H groups in total. The molecule has 1 aromatic carbocycles. The maximum absolute atomic E-state index is 12.8. The Kier molecular flexibility index (Phi) is 5.00. The van der Waals surface area contributed by atoms with Gasteiger partial charge >= 0.3 is 0 Å². The van der Waals surface area contributed by atoms with Gasteiger partial charge in [-0.25, -0.2) is 4.98 Å². The standard InChI is InChI=1S/C20H25ClN4O/c21-17-7-2-1-4-15(17)12-25-9-8-23-20(25)24-19(26)16-10-13-5-3-6-14(11-16)18(13)22/h1-2,4,7-9,13-14,16,18H,3,5-6,10-12,22H2,(H,23,24,26). The highest BCUT2D eigenvalue weighted by Crippen LogP contribution is 2.42. The first-order valence-electron chi connectivity index (χ1n) is 9.43. The van der Waals surface area contributed by atoms with Gasteiger partial charge in [0.05, 0.1) is 6.54 Å². The van der Waals surface area contributed by atoms with Crippen molar-refractivity contribution in [2.45, 2.75) is 44.7 Å². The second-order valence-electron chi connectivity index (χ2n) is 7.66. The lowest BCUT2D eigenvalue weighted by Gasteiger charge is -2.43. The second-order valence-corrected chi connectivity index (χ2v) is 8.06. The van der Waals surface area contributed by atoms with Crippen LogP contribution in [-0.4, -0.2) is 21.5 Å². The SMILES string of the molecule is NC1C2CCCC1CC(C(=O)Nc1nccn1Cc1ccccc1Cl)C2. The fourth-order valence-corrected chi connectivity index (χ4v) is 4.78. The van der Waals surface area contributed by atoms with Gasteiger partial charge in [-0.3, -0.25) is 10.1 Å². The van der Waals surface area contributed by atoms with E-state index in [0.29, 0.717) is 29.4 Å². The van der Waals surface area contributed by atoms with E-state index < -0.39 is 0 Å². The van der Waals surface area contributed by atoms with Gasteiger partial charge in [-0.05, 0) is 49.1 Å². The van der Waals surface area contributed by atoms with E-state index in [1.54, 1.807) is 6.20 Å². The van der Waals surface area contributed by atoms with Gasteiger partial charge in [0.25, 0.3) is 0 Å². The van der Waals surface area contributed by atoms with Crippen molar-refractivity contribution < 1.29 is 4.79 Å². The molecule has 2 aromatic rings. The molecule has 1 amide bonds. The highest BCUT2D eigenvalue weighted by atomic mass is 35.5. The Morgan fingerprint density at radius 1 is 1.27 bits per heavy atom. The van der Waals surface area contributed by atoms with Crippen LogP contribution in [-0.2, 0) is 11.3 Å². The van der Waals surface area contributed by atoms with Crippen molar-refractivity contribution in [3.63, 3.8) is 0 Å². The number of hydrogen-bond acceptors (Lipinski definition) is 3. The van der Waals surface area contributed by atoms with Crippen molar-refractivity contribution in [2.24, 2.45) is 23.5 Å². The number of halogens is 1. The molecule has 138 valence electrons. The minimum Gasteiger partial charge on any atom is -0.327 e. The molecule has 0 aliphatic heterocycles. The highest BCUT2D eigenvalue weighted by molar-refractivity contribution is 6.31. The molecule has 2 fully saturated rings. The summed E-state index contributed by atoms with van der Waals surface area (Å²) in [5.41, 5.74) is 7.35. The van der Waals surface area contributed by atoms with Gasteiger partial charge in [-0.2, -0.15) is 0 Å². The van der Waals surface area contributed by atoms with Crippen molar-refractivity contribution >= 4 is 23.5 Å². The van der Waals surface area contributed by atoms with E-state index in [1.807, 2.05) is 35.0 Å². The summed E-state index contributed by atoms with van der Waals surface area (Å²) in [5, 5.41) is 3.75. The Labute approximate surface area is 158 Å². The van der Waals surface area contributed by atoms with E-state index in [4.69, 9.17) is 17.3 Å². The molecule has 1 heterocycles. The quantitative estimate of drug-likeness (QED) is 0.859. The summed E-state index contributed by atoms with van der Waals surface area (Å²) in [6, 6.07) is 8.00. The Morgan fingerprint density at radius 3 is 2.73 bits per heavy atom. The number of fused-ring (bicyclic) bond motifs is 2. The number of nitrogens with two attached hydrogens (primary N) is 1. The molecule has 2 aliphatic rings. The van der Waals surface area contributed by atoms with Crippen LogP contribution in [0.15, 0.2) is 36.7 Å². The summed E-state index contributed by atoms with van der Waals surface area (Å²) in [5.74, 6) is 1.66. The summed E-state index contributed by atoms with van der Waals surface area (Å²) in [6.45, 7) is 0.579. The molecule has 2 bridgehead atoms. The van der Waals surface area contributed by atoms with E-state index in [-0.39, 0.29) is 17.9 Å². The largest absolute Gasteiger partial charge is 0.327 e. The number of anilines is 1. The molecule has 4 rings (SSSR count). The predicted octanol–water partition coefficient (Wildman–Crippen LogP) is 3.68. The number of amides is 1. The fraction of sp³-hybridized carbons (Fsp3) is 0.500. The lowest BCUT2D eigenvalue weighted by atomic mass is 9.65. The van der Waals surface area contributed by atoms with Crippen LogP contribution in [0, 0.1) is 17.8 Å². The van der Waals surface area contributed by atoms with Crippen LogP contribution < -0.4 is 11.1 Å². The van der Waals surface area contributed by atoms with Crippen molar-refractivity contribution in [3.8, 4) is 0 Å². The van der Waals surface area contributed by atoms with Crippen LogP contribution >= 0.6 is 11.6 Å². The number of rotatable bonds is 4. The van der Waals surface area contributed by atoms with Gasteiger partial charge < -0.3 is 10.3 Å². The van der Waals surface area contributed by atoms with Gasteiger partial charge in [0, 0.05) is 29.4 Å². The number of benzene rings is 1. The van der Waals surface area contributed by atoms with E-state index in [1.165, 1.54) is 6.42 Å². The van der Waals surface area contributed by atoms with Gasteiger partial charge in [0.15, 0.2) is 0 Å². The number of nitrogens with one attached hydrogen (secondary N) is 1. The van der Waals surface area contributed by atoms with Gasteiger partial charge in [0.1, 0.15) is 0 Å². The van der Waals surface area contributed by atoms with E-state index in [9.17, 15) is 4.79 Å². The molecule has 2 unspecified atom stereocenters. The molecule has 2 aliphatic carbocycles. The third-order valence-corrected chi connectivity index (χ3v) is 6.40. The predicted molar refractivity (Wildman–Crippen MR) is 103 cm³/mol. The zero-order chi connectivity index (χ0) is 18.1. The molecule has 5 nitrogen and oxygen atoms in total. The summed E-state index contributed by atoms with van der Waals surface area (Å²) >= 11 is 6.26. The number of nitrogens with zero attached hydrogens (tertiary/aromatic N) is 2. The van der Waals surface area contributed by atoms with Crippen LogP contribution in [0.2, 0.25) is 5.02 Å². The van der Waals surface area contributed by atoms with Crippen molar-refractivity contribution in [2.75, 3.05) is 5.32 Å². The maximum atomic E-state index is 12.8. The number of imidazole rings is 1. The van der Waals surface area contributed by atoms with Crippen molar-refractivity contribution in [1.29, 1.82) is 0 Å². The van der Waals surface area contributed by atoms with Crippen LogP contribution in [0.1, 0.15) is 37.7 Å². The van der Waals surface area contributed by atoms with Gasteiger partial charge in [0.2, 0.25) is 11.9 Å². The first kappa shape index (κ1) is 17.6. The molecule has 0 spiro atoms. The summed E-state index contributed by atoms with van der Waals surface area (Å²) in [7, 11) is 0. The van der Waals surface area contributed by atoms with E-state index >= 15 is 0 Å². The Morgan fingerprint density at radius 2 is 2.00 bits per heavy atom. The summed E-state index contributed by atoms with van der Waals surface area (Å²) < 4.78 is 1.93. The number of carbonyl (C=O) groups excluding carboxylic acids is 1. The monoisotopic (exact) mass is 372 g/mol. The molecule has 1 aromatic heterocycles. The van der Waals surface area contributed by atoms with Gasteiger partial charge in [-0.15, -0.1) is 0 Å². The van der Waals surface area contributed by atoms with Crippen LogP contribution in [0.5, 0.6) is 0 Å². The fourth-order valence-electron chi connectivity index (χ4n) is 4.59. The topological polar surface area (TPSA) is 72.9 Å².